The van der Waals surface area contributed by atoms with Gasteiger partial charge in [0.15, 0.2) is 0 Å². The van der Waals surface area contributed by atoms with Gasteiger partial charge in [-0.05, 0) is 37.1 Å². The molecule has 1 aliphatic heterocycles. The highest BCUT2D eigenvalue weighted by atomic mass is 35.5. The van der Waals surface area contributed by atoms with Crippen molar-refractivity contribution in [2.24, 2.45) is 4.99 Å². The second-order valence-corrected chi connectivity index (χ2v) is 7.10. The summed E-state index contributed by atoms with van der Waals surface area (Å²) in [4.78, 5) is 7.38. The third-order valence-corrected chi connectivity index (χ3v) is 5.17. The smallest absolute Gasteiger partial charge is 0.133 e. The molecule has 2 nitrogen and oxygen atoms in total. The molecular weight excluding hydrogens is 324 g/mol. The maximum absolute atomic E-state index is 5.95. The van der Waals surface area contributed by atoms with E-state index >= 15 is 0 Å². The molecule has 0 spiro atoms. The van der Waals surface area contributed by atoms with E-state index in [0.29, 0.717) is 6.54 Å². The molecule has 3 rings (SSSR count). The number of benzene rings is 2. The predicted octanol–water partition coefficient (Wildman–Crippen LogP) is 5.62. The highest BCUT2D eigenvalue weighted by Crippen LogP contribution is 2.34. The van der Waals surface area contributed by atoms with E-state index in [1.54, 1.807) is 0 Å². The topological polar surface area (TPSA) is 24.4 Å². The molecule has 23 heavy (non-hydrogen) atoms. The number of rotatable bonds is 3. The van der Waals surface area contributed by atoms with Crippen LogP contribution in [0, 0.1) is 0 Å². The Morgan fingerprint density at radius 3 is 2.57 bits per heavy atom. The largest absolute Gasteiger partial charge is 0.343 e. The minimum Gasteiger partial charge on any atom is -0.343 e. The van der Waals surface area contributed by atoms with Gasteiger partial charge in [0, 0.05) is 26.1 Å². The highest BCUT2D eigenvalue weighted by Gasteiger charge is 2.17. The van der Waals surface area contributed by atoms with Crippen molar-refractivity contribution in [1.29, 1.82) is 0 Å². The zero-order valence-corrected chi connectivity index (χ0v) is 14.8. The molecule has 4 heteroatoms. The molecule has 2 aromatic carbocycles. The van der Waals surface area contributed by atoms with Crippen LogP contribution < -0.4 is 5.32 Å². The van der Waals surface area contributed by atoms with E-state index in [4.69, 9.17) is 16.6 Å². The first kappa shape index (κ1) is 16.2. The lowest BCUT2D eigenvalue weighted by Gasteiger charge is -2.11. The van der Waals surface area contributed by atoms with Crippen molar-refractivity contribution in [3.63, 3.8) is 0 Å². The fourth-order valence-corrected chi connectivity index (χ4v) is 3.69. The number of hydrogen-bond acceptors (Lipinski definition) is 2. The zero-order chi connectivity index (χ0) is 16.2. The molecule has 0 atom stereocenters. The molecule has 0 saturated heterocycles. The van der Waals surface area contributed by atoms with Crippen molar-refractivity contribution in [1.82, 2.24) is 5.32 Å². The molecule has 1 aliphatic rings. The molecule has 0 saturated carbocycles. The molecular formula is C19H19ClN2S. The summed E-state index contributed by atoms with van der Waals surface area (Å²) in [7, 11) is 0. The van der Waals surface area contributed by atoms with Crippen LogP contribution in [-0.4, -0.2) is 5.84 Å². The summed E-state index contributed by atoms with van der Waals surface area (Å²) in [5.41, 5.74) is 3.55. The number of halogens is 1. The second kappa shape index (κ2) is 7.24. The summed E-state index contributed by atoms with van der Waals surface area (Å²) < 4.78 is 0. The van der Waals surface area contributed by atoms with Crippen LogP contribution in [0.15, 0.2) is 69.0 Å². The molecule has 1 N–H and O–H groups in total. The normalized spacial score (nSPS) is 16.0. The maximum Gasteiger partial charge on any atom is 0.133 e. The zero-order valence-electron chi connectivity index (χ0n) is 13.3. The average molecular weight is 343 g/mol. The van der Waals surface area contributed by atoms with Crippen molar-refractivity contribution in [2.45, 2.75) is 31.7 Å². The minimum absolute atomic E-state index is 0.633. The molecule has 0 aromatic heterocycles. The number of nitrogens with zero attached hydrogens (tertiary/aromatic N) is 1. The first-order valence-corrected chi connectivity index (χ1v) is 8.89. The molecule has 0 bridgehead atoms. The Labute approximate surface area is 146 Å². The Balaban J connectivity index is 1.95. The summed E-state index contributed by atoms with van der Waals surface area (Å²) in [5, 5.41) is 4.29. The number of nitrogens with one attached hydrogen (secondary N) is 1. The van der Waals surface area contributed by atoms with E-state index in [-0.39, 0.29) is 0 Å². The van der Waals surface area contributed by atoms with E-state index < -0.39 is 0 Å². The molecule has 0 amide bonds. The van der Waals surface area contributed by atoms with Crippen LogP contribution in [0.4, 0.5) is 0 Å². The Hall–Kier alpha value is -1.71. The second-order valence-electron chi connectivity index (χ2n) is 5.40. The van der Waals surface area contributed by atoms with Crippen LogP contribution in [0.2, 0.25) is 5.02 Å². The Bertz CT molecular complexity index is 763. The third kappa shape index (κ3) is 3.80. The maximum atomic E-state index is 5.95. The number of fused-ring (bicyclic) bond motifs is 1. The van der Waals surface area contributed by atoms with E-state index in [2.05, 4.69) is 43.4 Å². The van der Waals surface area contributed by atoms with Crippen LogP contribution >= 0.6 is 23.4 Å². The van der Waals surface area contributed by atoms with Crippen molar-refractivity contribution < 1.29 is 0 Å². The molecule has 0 unspecified atom stereocenters. The van der Waals surface area contributed by atoms with Crippen LogP contribution in [0.1, 0.15) is 31.4 Å². The van der Waals surface area contributed by atoms with Crippen molar-refractivity contribution in [2.75, 3.05) is 0 Å². The molecule has 2 aromatic rings. The summed E-state index contributed by atoms with van der Waals surface area (Å²) in [6.07, 6.45) is 0.965. The van der Waals surface area contributed by atoms with Gasteiger partial charge in [-0.15, -0.1) is 0 Å². The van der Waals surface area contributed by atoms with Gasteiger partial charge in [-0.3, -0.25) is 4.99 Å². The van der Waals surface area contributed by atoms with Gasteiger partial charge in [0.05, 0.1) is 6.54 Å². The van der Waals surface area contributed by atoms with E-state index in [0.717, 1.165) is 28.4 Å². The van der Waals surface area contributed by atoms with Crippen molar-refractivity contribution in [3.05, 3.63) is 75.3 Å². The van der Waals surface area contributed by atoms with Gasteiger partial charge in [0.1, 0.15) is 5.84 Å². The first-order valence-electron chi connectivity index (χ1n) is 7.70. The minimum atomic E-state index is 0.633. The fraction of sp³-hybridized carbons (Fsp3) is 0.211. The van der Waals surface area contributed by atoms with Gasteiger partial charge < -0.3 is 5.32 Å². The Morgan fingerprint density at radius 2 is 1.83 bits per heavy atom. The van der Waals surface area contributed by atoms with Gasteiger partial charge in [0.25, 0.3) is 0 Å². The first-order chi connectivity index (χ1) is 11.2. The predicted molar refractivity (Wildman–Crippen MR) is 100 cm³/mol. The van der Waals surface area contributed by atoms with Gasteiger partial charge in [-0.1, -0.05) is 60.6 Å². The van der Waals surface area contributed by atoms with Gasteiger partial charge >= 0.3 is 0 Å². The summed E-state index contributed by atoms with van der Waals surface area (Å²) in [6.45, 7) is 4.96. The number of thioether (sulfide) groups is 1. The van der Waals surface area contributed by atoms with Gasteiger partial charge in [-0.25, -0.2) is 0 Å². The monoisotopic (exact) mass is 342 g/mol. The summed E-state index contributed by atoms with van der Waals surface area (Å²) >= 11 is 7.76. The number of amidine groups is 1. The lowest BCUT2D eigenvalue weighted by atomic mass is 10.2. The number of allylic oxidation sites excluding steroid dienone is 2. The van der Waals surface area contributed by atoms with Gasteiger partial charge in [0.2, 0.25) is 0 Å². The highest BCUT2D eigenvalue weighted by molar-refractivity contribution is 8.03. The summed E-state index contributed by atoms with van der Waals surface area (Å²) in [6, 6.07) is 16.3. The lowest BCUT2D eigenvalue weighted by molar-refractivity contribution is 0.946. The molecule has 1 heterocycles. The summed E-state index contributed by atoms with van der Waals surface area (Å²) in [5.74, 6) is 0.941. The molecule has 0 aliphatic carbocycles. The molecule has 118 valence electrons. The lowest BCUT2D eigenvalue weighted by Crippen LogP contribution is -2.23. The Kier molecular flexibility index (Phi) is 5.09. The van der Waals surface area contributed by atoms with E-state index in [1.807, 2.05) is 36.0 Å². The molecule has 0 radical (unpaired) electrons. The van der Waals surface area contributed by atoms with Crippen LogP contribution in [0.5, 0.6) is 0 Å². The number of hydrogen-bond donors (Lipinski definition) is 1. The Morgan fingerprint density at radius 1 is 1.09 bits per heavy atom. The van der Waals surface area contributed by atoms with E-state index in [9.17, 15) is 0 Å². The van der Waals surface area contributed by atoms with Crippen molar-refractivity contribution >= 4 is 29.2 Å². The quantitative estimate of drug-likeness (QED) is 0.782. The average Bonchev–Trinajstić information content (AvgIpc) is 2.70. The fourth-order valence-electron chi connectivity index (χ4n) is 2.50. The number of aliphatic imine (C=N–C) groups is 1. The third-order valence-electron chi connectivity index (χ3n) is 3.79. The van der Waals surface area contributed by atoms with Crippen LogP contribution in [0.25, 0.3) is 0 Å². The van der Waals surface area contributed by atoms with Crippen LogP contribution in [0.3, 0.4) is 0 Å². The molecule has 0 fully saturated rings. The van der Waals surface area contributed by atoms with E-state index in [1.165, 1.54) is 15.5 Å². The SMILES string of the molecule is CCC1=C(C)Sc2ccccc2C(=NCc2ccc(Cl)cc2)N1. The van der Waals surface area contributed by atoms with Gasteiger partial charge in [-0.2, -0.15) is 0 Å². The van der Waals surface area contributed by atoms with Crippen LogP contribution in [-0.2, 0) is 6.54 Å². The van der Waals surface area contributed by atoms with Crippen molar-refractivity contribution in [3.8, 4) is 0 Å². The standard InChI is InChI=1S/C19H19ClN2S/c1-3-17-13(2)23-18-7-5-4-6-16(18)19(22-17)21-12-14-8-10-15(20)11-9-14/h4-11H,3,12H2,1-2H3,(H,21,22).